The number of alkyl halides is 3. The molecule has 0 aliphatic heterocycles. The zero-order valence-corrected chi connectivity index (χ0v) is 25.0. The summed E-state index contributed by atoms with van der Waals surface area (Å²) in [7, 11) is 0. The lowest BCUT2D eigenvalue weighted by atomic mass is 10.0. The van der Waals surface area contributed by atoms with E-state index in [0.717, 1.165) is 46.8 Å². The van der Waals surface area contributed by atoms with E-state index >= 15 is 0 Å². The molecule has 7 nitrogen and oxygen atoms in total. The molecule has 0 radical (unpaired) electrons. The Hall–Kier alpha value is -5.12. The van der Waals surface area contributed by atoms with Crippen molar-refractivity contribution in [3.05, 3.63) is 131 Å². The third-order valence-corrected chi connectivity index (χ3v) is 6.91. The summed E-state index contributed by atoms with van der Waals surface area (Å²) in [6.45, 7) is 7.69. The summed E-state index contributed by atoms with van der Waals surface area (Å²) in [5.41, 5.74) is 2.50. The van der Waals surface area contributed by atoms with Gasteiger partial charge in [-0.3, -0.25) is 9.59 Å². The smallest absolute Gasteiger partial charge is 0.416 e. The van der Waals surface area contributed by atoms with Gasteiger partial charge in [-0.05, 0) is 68.3 Å². The number of allylic oxidation sites excluding steroid dienone is 2. The Morgan fingerprint density at radius 1 is 1.02 bits per heavy atom. The molecule has 1 unspecified atom stereocenters. The van der Waals surface area contributed by atoms with Crippen LogP contribution in [0, 0.1) is 6.92 Å². The van der Waals surface area contributed by atoms with Crippen LogP contribution in [0.15, 0.2) is 108 Å². The molecule has 1 heterocycles. The van der Waals surface area contributed by atoms with E-state index in [4.69, 9.17) is 9.15 Å². The van der Waals surface area contributed by atoms with Crippen molar-refractivity contribution >= 4 is 11.7 Å². The van der Waals surface area contributed by atoms with Gasteiger partial charge in [-0.15, -0.1) is 0 Å². The summed E-state index contributed by atoms with van der Waals surface area (Å²) in [6, 6.07) is 21.0. The number of carbonyl (C=O) groups is 2. The van der Waals surface area contributed by atoms with Crippen molar-refractivity contribution < 1.29 is 31.9 Å². The first-order valence-electron chi connectivity index (χ1n) is 14.3. The first-order valence-corrected chi connectivity index (χ1v) is 14.3. The predicted molar refractivity (Wildman–Crippen MR) is 166 cm³/mol. The van der Waals surface area contributed by atoms with Crippen molar-refractivity contribution in [1.82, 2.24) is 15.6 Å². The van der Waals surface area contributed by atoms with Crippen LogP contribution < -0.4 is 15.4 Å². The summed E-state index contributed by atoms with van der Waals surface area (Å²) in [5.74, 6) is 1.23. The van der Waals surface area contributed by atoms with E-state index in [0.29, 0.717) is 36.8 Å². The average molecular weight is 618 g/mol. The summed E-state index contributed by atoms with van der Waals surface area (Å²) >= 11 is 0. The summed E-state index contributed by atoms with van der Waals surface area (Å²) in [6.07, 6.45) is -0.913. The van der Waals surface area contributed by atoms with E-state index in [1.807, 2.05) is 61.5 Å². The topological polar surface area (TPSA) is 93.5 Å². The number of aromatic nitrogens is 1. The minimum atomic E-state index is -4.48. The number of hydrogen-bond acceptors (Lipinski definition) is 6. The fourth-order valence-electron chi connectivity index (χ4n) is 4.57. The molecule has 3 aromatic carbocycles. The Labute approximate surface area is 259 Å². The van der Waals surface area contributed by atoms with E-state index < -0.39 is 17.5 Å². The molecule has 0 saturated carbocycles. The van der Waals surface area contributed by atoms with E-state index in [9.17, 15) is 22.8 Å². The number of aryl methyl sites for hydroxylation is 1. The number of rotatable bonds is 14. The maximum absolute atomic E-state index is 12.9. The fourth-order valence-corrected chi connectivity index (χ4v) is 4.57. The largest absolute Gasteiger partial charge is 0.493 e. The summed E-state index contributed by atoms with van der Waals surface area (Å²) in [5, 5.41) is 5.99. The van der Waals surface area contributed by atoms with Gasteiger partial charge in [0.1, 0.15) is 11.5 Å². The molecule has 10 heteroatoms. The van der Waals surface area contributed by atoms with Crippen LogP contribution in [0.2, 0.25) is 0 Å². The molecule has 0 aliphatic carbocycles. The molecule has 4 rings (SSSR count). The van der Waals surface area contributed by atoms with E-state index in [-0.39, 0.29) is 24.1 Å². The van der Waals surface area contributed by atoms with Crippen molar-refractivity contribution in [2.75, 3.05) is 13.2 Å². The molecule has 0 aliphatic rings. The molecule has 0 saturated heterocycles. The van der Waals surface area contributed by atoms with Crippen LogP contribution in [0.3, 0.4) is 0 Å². The first kappa shape index (κ1) is 32.8. The number of halogens is 3. The van der Waals surface area contributed by atoms with Gasteiger partial charge < -0.3 is 19.8 Å². The van der Waals surface area contributed by atoms with E-state index in [1.54, 1.807) is 6.92 Å². The van der Waals surface area contributed by atoms with Crippen molar-refractivity contribution in [2.45, 2.75) is 38.9 Å². The number of amides is 1. The molecular formula is C35H34F3N3O4. The molecule has 2 N–H and O–H groups in total. The second-order valence-electron chi connectivity index (χ2n) is 10.4. The van der Waals surface area contributed by atoms with Gasteiger partial charge >= 0.3 is 6.18 Å². The fraction of sp³-hybridized carbons (Fsp3) is 0.229. The van der Waals surface area contributed by atoms with Gasteiger partial charge in [0.2, 0.25) is 11.8 Å². The van der Waals surface area contributed by atoms with Gasteiger partial charge in [-0.1, -0.05) is 49.0 Å². The molecule has 4 aromatic rings. The molecule has 1 aromatic heterocycles. The maximum Gasteiger partial charge on any atom is 0.416 e. The zero-order valence-electron chi connectivity index (χ0n) is 25.0. The number of ketones is 1. The van der Waals surface area contributed by atoms with Gasteiger partial charge in [0.15, 0.2) is 5.78 Å². The first-order chi connectivity index (χ1) is 21.5. The molecule has 45 heavy (non-hydrogen) atoms. The van der Waals surface area contributed by atoms with Crippen LogP contribution in [0.25, 0.3) is 11.5 Å². The van der Waals surface area contributed by atoms with Gasteiger partial charge in [0.25, 0.3) is 0 Å². The Morgan fingerprint density at radius 3 is 2.36 bits per heavy atom. The normalized spacial score (nSPS) is 12.3. The number of hydrogen-bond donors (Lipinski definition) is 2. The number of oxazole rings is 1. The Bertz CT molecular complexity index is 1630. The highest BCUT2D eigenvalue weighted by Crippen LogP contribution is 2.29. The molecular weight excluding hydrogens is 583 g/mol. The number of benzene rings is 3. The lowest BCUT2D eigenvalue weighted by molar-refractivity contribution is -0.137. The van der Waals surface area contributed by atoms with Crippen LogP contribution in [0.4, 0.5) is 13.2 Å². The minimum Gasteiger partial charge on any atom is -0.493 e. The molecule has 0 bridgehead atoms. The minimum absolute atomic E-state index is 0.131. The Morgan fingerprint density at radius 2 is 1.71 bits per heavy atom. The third kappa shape index (κ3) is 9.69. The highest BCUT2D eigenvalue weighted by Gasteiger charge is 2.30. The maximum atomic E-state index is 12.9. The second kappa shape index (κ2) is 15.1. The van der Waals surface area contributed by atoms with E-state index in [1.165, 1.54) is 12.2 Å². The predicted octanol–water partition coefficient (Wildman–Crippen LogP) is 6.88. The molecule has 1 atom stereocenters. The number of ether oxygens (including phenoxy) is 1. The summed E-state index contributed by atoms with van der Waals surface area (Å²) in [4.78, 5) is 29.1. The number of nitrogens with zero attached hydrogens (tertiary/aromatic N) is 1. The van der Waals surface area contributed by atoms with Crippen molar-refractivity contribution in [3.63, 3.8) is 0 Å². The standard InChI is InChI=1S/C35H34F3N3O4/c1-4-33(43)39-22-29(40-23(2)20-32(42)26-12-14-28(15-13-26)35(36,37)38)21-25-10-16-30(17-11-25)44-19-18-31-24(3)45-34(41-31)27-8-6-5-7-9-27/h4-17,20,29,40H,1,18-19,21-22H2,2-3H3,(H,39,43)/b23-20-. The van der Waals surface area contributed by atoms with Crippen molar-refractivity contribution in [3.8, 4) is 17.2 Å². The van der Waals surface area contributed by atoms with Crippen LogP contribution in [0.1, 0.15) is 39.9 Å². The Kier molecular flexibility index (Phi) is 11.0. The second-order valence-corrected chi connectivity index (χ2v) is 10.4. The molecule has 1 amide bonds. The number of carbonyl (C=O) groups excluding carboxylic acids is 2. The lowest BCUT2D eigenvalue weighted by Crippen LogP contribution is -2.41. The van der Waals surface area contributed by atoms with Crippen LogP contribution in [0.5, 0.6) is 5.75 Å². The monoisotopic (exact) mass is 617 g/mol. The van der Waals surface area contributed by atoms with Crippen LogP contribution in [-0.4, -0.2) is 35.9 Å². The van der Waals surface area contributed by atoms with Gasteiger partial charge in [-0.2, -0.15) is 13.2 Å². The van der Waals surface area contributed by atoms with Crippen LogP contribution >= 0.6 is 0 Å². The van der Waals surface area contributed by atoms with Crippen molar-refractivity contribution in [2.24, 2.45) is 0 Å². The molecule has 0 spiro atoms. The van der Waals surface area contributed by atoms with E-state index in [2.05, 4.69) is 22.2 Å². The average Bonchev–Trinajstić information content (AvgIpc) is 3.40. The third-order valence-electron chi connectivity index (χ3n) is 6.91. The van der Waals surface area contributed by atoms with Gasteiger partial charge in [0.05, 0.1) is 17.9 Å². The van der Waals surface area contributed by atoms with Gasteiger partial charge in [0, 0.05) is 41.9 Å². The van der Waals surface area contributed by atoms with Crippen molar-refractivity contribution in [1.29, 1.82) is 0 Å². The van der Waals surface area contributed by atoms with Gasteiger partial charge in [-0.25, -0.2) is 4.98 Å². The molecule has 234 valence electrons. The highest BCUT2D eigenvalue weighted by molar-refractivity contribution is 6.04. The SMILES string of the molecule is C=CC(=O)NCC(Cc1ccc(OCCc2nc(-c3ccccc3)oc2C)cc1)N/C(C)=C\C(=O)c1ccc(C(F)(F)F)cc1. The van der Waals surface area contributed by atoms with Crippen LogP contribution in [-0.2, 0) is 23.8 Å². The highest BCUT2D eigenvalue weighted by atomic mass is 19.4. The lowest BCUT2D eigenvalue weighted by Gasteiger charge is -2.21. The summed E-state index contributed by atoms with van der Waals surface area (Å²) < 4.78 is 50.3. The number of nitrogens with one attached hydrogen (secondary N) is 2. The molecule has 0 fully saturated rings. The zero-order chi connectivity index (χ0) is 32.4. The Balaban J connectivity index is 1.34. The quantitative estimate of drug-likeness (QED) is 0.118.